The first-order valence-corrected chi connectivity index (χ1v) is 10.5. The van der Waals surface area contributed by atoms with Crippen molar-refractivity contribution in [2.45, 2.75) is 51.8 Å². The molecule has 0 radical (unpaired) electrons. The maximum absolute atomic E-state index is 12.1. The fourth-order valence-corrected chi connectivity index (χ4v) is 3.41. The summed E-state index contributed by atoms with van der Waals surface area (Å²) >= 11 is 0. The number of nitrogens with one attached hydrogen (secondary N) is 1. The molecular weight excluding hydrogens is 412 g/mol. The number of carbonyl (C=O) groups excluding carboxylic acids is 1. The molecule has 0 spiro atoms. The van der Waals surface area contributed by atoms with E-state index >= 15 is 0 Å². The molecule has 10 nitrogen and oxygen atoms in total. The smallest absolute Gasteiger partial charge is 0.416 e. The number of hydrogen-bond donors (Lipinski definition) is 2. The summed E-state index contributed by atoms with van der Waals surface area (Å²) in [6, 6.07) is 8.76. The van der Waals surface area contributed by atoms with Gasteiger partial charge in [-0.3, -0.25) is 4.90 Å². The van der Waals surface area contributed by atoms with Crippen LogP contribution in [0, 0.1) is 0 Å². The summed E-state index contributed by atoms with van der Waals surface area (Å²) in [5.74, 6) is 1.94. The zero-order chi connectivity index (χ0) is 22.8. The molecule has 3 heterocycles. The van der Waals surface area contributed by atoms with E-state index in [0.29, 0.717) is 23.5 Å². The van der Waals surface area contributed by atoms with Crippen LogP contribution in [-0.4, -0.2) is 50.1 Å². The van der Waals surface area contributed by atoms with Gasteiger partial charge in [0.1, 0.15) is 24.5 Å². The van der Waals surface area contributed by atoms with Crippen molar-refractivity contribution in [3.05, 3.63) is 48.0 Å². The Morgan fingerprint density at radius 2 is 1.88 bits per heavy atom. The Kier molecular flexibility index (Phi) is 6.04. The minimum Gasteiger partial charge on any atom is -0.447 e. The number of rotatable bonds is 7. The Morgan fingerprint density at radius 1 is 1.12 bits per heavy atom. The highest BCUT2D eigenvalue weighted by atomic mass is 16.6. The van der Waals surface area contributed by atoms with E-state index in [-0.39, 0.29) is 18.6 Å². The molecule has 168 valence electrons. The van der Waals surface area contributed by atoms with Crippen molar-refractivity contribution < 1.29 is 19.2 Å². The molecular formula is C22H26N6O4. The number of amides is 1. The maximum atomic E-state index is 12.1. The molecule has 3 aromatic rings. The highest BCUT2D eigenvalue weighted by Crippen LogP contribution is 2.26. The lowest BCUT2D eigenvalue weighted by molar-refractivity contribution is 0.142. The molecule has 0 aliphatic carbocycles. The number of aromatic nitrogens is 4. The molecule has 0 unspecified atom stereocenters. The number of ether oxygens (including phenoxy) is 1. The molecule has 1 amide bonds. The molecule has 0 saturated carbocycles. The van der Waals surface area contributed by atoms with Crippen LogP contribution in [0.15, 0.2) is 41.1 Å². The minimum absolute atomic E-state index is 0.0998. The molecule has 1 saturated heterocycles. The lowest BCUT2D eigenvalue weighted by Crippen LogP contribution is -2.41. The van der Waals surface area contributed by atoms with Gasteiger partial charge in [-0.2, -0.15) is 9.97 Å². The van der Waals surface area contributed by atoms with Crippen molar-refractivity contribution >= 4 is 17.9 Å². The average molecular weight is 438 g/mol. The summed E-state index contributed by atoms with van der Waals surface area (Å²) in [5, 5.41) is 17.1. The summed E-state index contributed by atoms with van der Waals surface area (Å²) in [6.07, 6.45) is 0.203. The zero-order valence-corrected chi connectivity index (χ0v) is 18.4. The van der Waals surface area contributed by atoms with E-state index in [4.69, 9.17) is 9.26 Å². The fourth-order valence-electron chi connectivity index (χ4n) is 3.41. The molecule has 1 aliphatic heterocycles. The number of cyclic esters (lactones) is 1. The lowest BCUT2D eigenvalue weighted by atomic mass is 10.0. The van der Waals surface area contributed by atoms with Crippen molar-refractivity contribution in [3.8, 4) is 11.4 Å². The van der Waals surface area contributed by atoms with E-state index in [0.717, 1.165) is 5.56 Å². The Labute approximate surface area is 185 Å². The van der Waals surface area contributed by atoms with Crippen LogP contribution in [0.25, 0.3) is 11.4 Å². The van der Waals surface area contributed by atoms with E-state index in [1.807, 2.05) is 19.1 Å². The van der Waals surface area contributed by atoms with Gasteiger partial charge in [0.15, 0.2) is 0 Å². The third-order valence-corrected chi connectivity index (χ3v) is 5.34. The molecule has 0 bridgehead atoms. The van der Waals surface area contributed by atoms with Gasteiger partial charge < -0.3 is 19.7 Å². The lowest BCUT2D eigenvalue weighted by Gasteiger charge is -2.22. The molecule has 4 rings (SSSR count). The molecule has 1 aromatic carbocycles. The second-order valence-electron chi connectivity index (χ2n) is 8.09. The third kappa shape index (κ3) is 4.40. The number of aliphatic hydroxyl groups excluding tert-OH is 1. The van der Waals surface area contributed by atoms with Crippen molar-refractivity contribution in [1.29, 1.82) is 0 Å². The van der Waals surface area contributed by atoms with Crippen LogP contribution in [0.5, 0.6) is 0 Å². The Morgan fingerprint density at radius 3 is 2.56 bits per heavy atom. The average Bonchev–Trinajstić information content (AvgIpc) is 3.41. The molecule has 2 N–H and O–H groups in total. The molecule has 32 heavy (non-hydrogen) atoms. The number of aliphatic hydroxyl groups is 1. The van der Waals surface area contributed by atoms with Crippen LogP contribution in [-0.2, 0) is 4.74 Å². The molecule has 1 fully saturated rings. The van der Waals surface area contributed by atoms with E-state index in [1.54, 1.807) is 13.0 Å². The number of hydrogen-bond acceptors (Lipinski definition) is 9. The van der Waals surface area contributed by atoms with Crippen molar-refractivity contribution in [3.63, 3.8) is 0 Å². The van der Waals surface area contributed by atoms with Gasteiger partial charge in [-0.25, -0.2) is 9.78 Å². The Balaban J connectivity index is 1.48. The predicted octanol–water partition coefficient (Wildman–Crippen LogP) is 3.53. The van der Waals surface area contributed by atoms with Crippen molar-refractivity contribution in [2.75, 3.05) is 16.8 Å². The highest BCUT2D eigenvalue weighted by Gasteiger charge is 2.38. The van der Waals surface area contributed by atoms with Gasteiger partial charge in [0.05, 0.1) is 6.10 Å². The topological polar surface area (TPSA) is 127 Å². The van der Waals surface area contributed by atoms with Gasteiger partial charge in [0, 0.05) is 11.8 Å². The molecule has 10 heteroatoms. The first kappa shape index (κ1) is 21.7. The summed E-state index contributed by atoms with van der Waals surface area (Å²) in [7, 11) is 0. The van der Waals surface area contributed by atoms with Crippen LogP contribution in [0.1, 0.15) is 51.1 Å². The van der Waals surface area contributed by atoms with Gasteiger partial charge in [-0.05, 0) is 31.4 Å². The number of nitrogens with zero attached hydrogens (tertiary/aromatic N) is 5. The van der Waals surface area contributed by atoms with Gasteiger partial charge in [0.2, 0.25) is 17.7 Å². The normalized spacial score (nSPS) is 18.0. The van der Waals surface area contributed by atoms with E-state index in [2.05, 4.69) is 51.4 Å². The first-order chi connectivity index (χ1) is 15.3. The predicted molar refractivity (Wildman–Crippen MR) is 117 cm³/mol. The van der Waals surface area contributed by atoms with Gasteiger partial charge in [-0.15, -0.1) is 0 Å². The summed E-state index contributed by atoms with van der Waals surface area (Å²) in [5.41, 5.74) is 2.11. The van der Waals surface area contributed by atoms with E-state index < -0.39 is 18.2 Å². The van der Waals surface area contributed by atoms with Gasteiger partial charge >= 0.3 is 6.09 Å². The minimum atomic E-state index is -0.766. The summed E-state index contributed by atoms with van der Waals surface area (Å²) in [6.45, 7) is 7.83. The van der Waals surface area contributed by atoms with Crippen molar-refractivity contribution in [2.24, 2.45) is 0 Å². The molecule has 3 atom stereocenters. The molecule has 1 aliphatic rings. The standard InChI is InChI=1S/C22H26N6O4/c1-12(2)15-5-7-16(8-6-15)19-26-20(32-27-19)13(3)24-21-23-10-9-18(25-21)28-17(14(4)29)11-31-22(28)30/h5-10,12-14,17,29H,11H2,1-4H3,(H,23,24,25)/t13-,14-,17-/m1/s1. The SMILES string of the molecule is CC(C)c1ccc(-c2noc([C@@H](C)Nc3nccc(N4C(=O)OC[C@@H]4[C@@H](C)O)n3)n2)cc1. The van der Waals surface area contributed by atoms with Crippen LogP contribution in [0.4, 0.5) is 16.6 Å². The monoisotopic (exact) mass is 438 g/mol. The third-order valence-electron chi connectivity index (χ3n) is 5.34. The van der Waals surface area contributed by atoms with Gasteiger partial charge in [0.25, 0.3) is 0 Å². The van der Waals surface area contributed by atoms with Gasteiger partial charge in [-0.1, -0.05) is 43.3 Å². The summed E-state index contributed by atoms with van der Waals surface area (Å²) < 4.78 is 10.5. The van der Waals surface area contributed by atoms with Crippen LogP contribution in [0.2, 0.25) is 0 Å². The van der Waals surface area contributed by atoms with E-state index in [1.165, 1.54) is 16.7 Å². The fraction of sp³-hybridized carbons (Fsp3) is 0.409. The molecule has 2 aromatic heterocycles. The van der Waals surface area contributed by atoms with Crippen LogP contribution < -0.4 is 10.2 Å². The Hall–Kier alpha value is -3.53. The number of benzene rings is 1. The Bertz CT molecular complexity index is 1080. The van der Waals surface area contributed by atoms with Crippen LogP contribution in [0.3, 0.4) is 0 Å². The zero-order valence-electron chi connectivity index (χ0n) is 18.4. The maximum Gasteiger partial charge on any atom is 0.416 e. The van der Waals surface area contributed by atoms with E-state index in [9.17, 15) is 9.90 Å². The first-order valence-electron chi connectivity index (χ1n) is 10.5. The van der Waals surface area contributed by atoms with Crippen LogP contribution >= 0.6 is 0 Å². The highest BCUT2D eigenvalue weighted by molar-refractivity contribution is 5.89. The number of carbonyl (C=O) groups is 1. The quantitative estimate of drug-likeness (QED) is 0.569. The number of anilines is 2. The van der Waals surface area contributed by atoms with Crippen molar-refractivity contribution in [1.82, 2.24) is 20.1 Å². The second kappa shape index (κ2) is 8.91. The summed E-state index contributed by atoms with van der Waals surface area (Å²) in [4.78, 5) is 26.5. The second-order valence-corrected chi connectivity index (χ2v) is 8.09. The largest absolute Gasteiger partial charge is 0.447 e.